The molecule has 106 valence electrons. The minimum Gasteiger partial charge on any atom is -0.464 e. The number of carbonyl (C=O) groups is 1. The summed E-state index contributed by atoms with van der Waals surface area (Å²) in [6, 6.07) is 13.8. The molecule has 1 aromatic heterocycles. The van der Waals surface area contributed by atoms with E-state index in [2.05, 4.69) is 24.4 Å². The second-order valence-corrected chi connectivity index (χ2v) is 5.25. The number of aryl methyl sites for hydroxylation is 1. The number of nitrogens with one attached hydrogen (secondary N) is 1. The van der Waals surface area contributed by atoms with Crippen molar-refractivity contribution in [2.75, 3.05) is 0 Å². The zero-order valence-corrected chi connectivity index (χ0v) is 12.2. The van der Waals surface area contributed by atoms with E-state index in [0.29, 0.717) is 6.42 Å². The number of furan rings is 1. The minimum atomic E-state index is -0.0980. The Morgan fingerprint density at radius 3 is 2.45 bits per heavy atom. The van der Waals surface area contributed by atoms with Gasteiger partial charge in [-0.1, -0.05) is 37.3 Å². The van der Waals surface area contributed by atoms with Crippen molar-refractivity contribution in [2.45, 2.75) is 39.2 Å². The first kappa shape index (κ1) is 14.4. The third-order valence-electron chi connectivity index (χ3n) is 3.43. The third-order valence-corrected chi connectivity index (χ3v) is 3.43. The highest BCUT2D eigenvalue weighted by atomic mass is 16.3. The van der Waals surface area contributed by atoms with Gasteiger partial charge in [0.05, 0.1) is 6.04 Å². The van der Waals surface area contributed by atoms with Crippen molar-refractivity contribution < 1.29 is 9.21 Å². The van der Waals surface area contributed by atoms with Crippen molar-refractivity contribution in [3.05, 3.63) is 59.5 Å². The van der Waals surface area contributed by atoms with Gasteiger partial charge < -0.3 is 9.73 Å². The summed E-state index contributed by atoms with van der Waals surface area (Å²) < 4.78 is 5.52. The van der Waals surface area contributed by atoms with Crippen molar-refractivity contribution in [3.63, 3.8) is 0 Å². The maximum absolute atomic E-state index is 12.1. The van der Waals surface area contributed by atoms with Crippen LogP contribution in [0.15, 0.2) is 46.9 Å². The summed E-state index contributed by atoms with van der Waals surface area (Å²) >= 11 is 0. The summed E-state index contributed by atoms with van der Waals surface area (Å²) in [5.41, 5.74) is 1.18. The van der Waals surface area contributed by atoms with Crippen LogP contribution in [0.1, 0.15) is 49.3 Å². The van der Waals surface area contributed by atoms with Gasteiger partial charge in [-0.15, -0.1) is 0 Å². The molecule has 0 fully saturated rings. The average Bonchev–Trinajstić information content (AvgIpc) is 2.86. The molecule has 1 N–H and O–H groups in total. The number of benzene rings is 1. The van der Waals surface area contributed by atoms with Crippen molar-refractivity contribution in [2.24, 2.45) is 0 Å². The van der Waals surface area contributed by atoms with Gasteiger partial charge in [-0.3, -0.25) is 4.79 Å². The van der Waals surface area contributed by atoms with Gasteiger partial charge in [0.1, 0.15) is 11.5 Å². The van der Waals surface area contributed by atoms with Gasteiger partial charge in [-0.25, -0.2) is 0 Å². The Morgan fingerprint density at radius 2 is 1.85 bits per heavy atom. The maximum Gasteiger partial charge on any atom is 0.221 e. The molecule has 0 spiro atoms. The zero-order valence-electron chi connectivity index (χ0n) is 12.2. The molecule has 0 bridgehead atoms. The second-order valence-electron chi connectivity index (χ2n) is 5.25. The van der Waals surface area contributed by atoms with Crippen LogP contribution in [0.2, 0.25) is 0 Å². The summed E-state index contributed by atoms with van der Waals surface area (Å²) in [5, 5.41) is 2.98. The van der Waals surface area contributed by atoms with E-state index in [1.54, 1.807) is 0 Å². The van der Waals surface area contributed by atoms with E-state index in [4.69, 9.17) is 4.42 Å². The second kappa shape index (κ2) is 6.42. The van der Waals surface area contributed by atoms with Crippen LogP contribution in [0.25, 0.3) is 0 Å². The highest BCUT2D eigenvalue weighted by molar-refractivity contribution is 5.77. The predicted molar refractivity (Wildman–Crippen MR) is 79.5 cm³/mol. The largest absolute Gasteiger partial charge is 0.464 e. The Labute approximate surface area is 120 Å². The van der Waals surface area contributed by atoms with E-state index >= 15 is 0 Å². The maximum atomic E-state index is 12.1. The van der Waals surface area contributed by atoms with E-state index in [9.17, 15) is 4.79 Å². The van der Waals surface area contributed by atoms with Crippen LogP contribution in [0.3, 0.4) is 0 Å². The van der Waals surface area contributed by atoms with Crippen LogP contribution in [0.4, 0.5) is 0 Å². The SMILES string of the molecule is Cc1ccc(C(C)NC(=O)CC(C)c2ccccc2)o1. The Kier molecular flexibility index (Phi) is 4.61. The molecule has 0 aliphatic heterocycles. The normalized spacial score (nSPS) is 13.8. The fraction of sp³-hybridized carbons (Fsp3) is 0.353. The molecule has 1 aromatic carbocycles. The molecule has 2 aromatic rings. The summed E-state index contributed by atoms with van der Waals surface area (Å²) in [5.74, 6) is 1.91. The van der Waals surface area contributed by atoms with Gasteiger partial charge in [0, 0.05) is 6.42 Å². The zero-order chi connectivity index (χ0) is 14.5. The molecule has 2 rings (SSSR count). The van der Waals surface area contributed by atoms with Gasteiger partial charge in [0.2, 0.25) is 5.91 Å². The average molecular weight is 271 g/mol. The molecule has 1 heterocycles. The molecule has 0 saturated heterocycles. The Hall–Kier alpha value is -2.03. The number of amides is 1. The van der Waals surface area contributed by atoms with Gasteiger partial charge in [-0.05, 0) is 37.5 Å². The Morgan fingerprint density at radius 1 is 1.15 bits per heavy atom. The lowest BCUT2D eigenvalue weighted by Crippen LogP contribution is -2.27. The Balaban J connectivity index is 1.89. The van der Waals surface area contributed by atoms with Crippen LogP contribution in [0.5, 0.6) is 0 Å². The molecule has 2 atom stereocenters. The van der Waals surface area contributed by atoms with E-state index in [0.717, 1.165) is 11.5 Å². The fourth-order valence-electron chi connectivity index (χ4n) is 2.24. The van der Waals surface area contributed by atoms with Crippen LogP contribution < -0.4 is 5.32 Å². The molecule has 0 aliphatic carbocycles. The standard InChI is InChI=1S/C17H21NO2/c1-12(15-7-5-4-6-8-15)11-17(19)18-14(3)16-10-9-13(2)20-16/h4-10,12,14H,11H2,1-3H3,(H,18,19). The molecule has 20 heavy (non-hydrogen) atoms. The molecular weight excluding hydrogens is 250 g/mol. The summed E-state index contributed by atoms with van der Waals surface area (Å²) in [4.78, 5) is 12.1. The lowest BCUT2D eigenvalue weighted by Gasteiger charge is -2.15. The number of hydrogen-bond acceptors (Lipinski definition) is 2. The molecule has 3 nitrogen and oxygen atoms in total. The van der Waals surface area contributed by atoms with Crippen molar-refractivity contribution in [1.29, 1.82) is 0 Å². The smallest absolute Gasteiger partial charge is 0.221 e. The van der Waals surface area contributed by atoms with E-state index in [1.807, 2.05) is 44.2 Å². The molecule has 3 heteroatoms. The third kappa shape index (κ3) is 3.73. The summed E-state index contributed by atoms with van der Waals surface area (Å²) in [6.07, 6.45) is 0.480. The van der Waals surface area contributed by atoms with Crippen LogP contribution in [0, 0.1) is 6.92 Å². The Bertz CT molecular complexity index is 559. The fourth-order valence-corrected chi connectivity index (χ4v) is 2.24. The van der Waals surface area contributed by atoms with Crippen LogP contribution in [-0.2, 0) is 4.79 Å². The monoisotopic (exact) mass is 271 g/mol. The first-order valence-corrected chi connectivity index (χ1v) is 6.97. The van der Waals surface area contributed by atoms with Gasteiger partial charge in [0.25, 0.3) is 0 Å². The number of rotatable bonds is 5. The minimum absolute atomic E-state index is 0.0444. The molecule has 0 saturated carbocycles. The topological polar surface area (TPSA) is 42.2 Å². The van der Waals surface area contributed by atoms with E-state index < -0.39 is 0 Å². The molecule has 0 aliphatic rings. The molecule has 1 amide bonds. The molecular formula is C17H21NO2. The quantitative estimate of drug-likeness (QED) is 0.894. The van der Waals surface area contributed by atoms with Crippen molar-refractivity contribution in [1.82, 2.24) is 5.32 Å². The van der Waals surface area contributed by atoms with Gasteiger partial charge >= 0.3 is 0 Å². The van der Waals surface area contributed by atoms with Crippen LogP contribution in [-0.4, -0.2) is 5.91 Å². The summed E-state index contributed by atoms with van der Waals surface area (Å²) in [7, 11) is 0. The van der Waals surface area contributed by atoms with Crippen molar-refractivity contribution >= 4 is 5.91 Å². The highest BCUT2D eigenvalue weighted by Crippen LogP contribution is 2.20. The van der Waals surface area contributed by atoms with Crippen molar-refractivity contribution in [3.8, 4) is 0 Å². The lowest BCUT2D eigenvalue weighted by atomic mass is 9.97. The van der Waals surface area contributed by atoms with E-state index in [-0.39, 0.29) is 17.9 Å². The van der Waals surface area contributed by atoms with Crippen LogP contribution >= 0.6 is 0 Å². The number of hydrogen-bond donors (Lipinski definition) is 1. The number of carbonyl (C=O) groups excluding carboxylic acids is 1. The van der Waals surface area contributed by atoms with Gasteiger partial charge in [0.15, 0.2) is 0 Å². The van der Waals surface area contributed by atoms with Gasteiger partial charge in [-0.2, -0.15) is 0 Å². The predicted octanol–water partition coefficient (Wildman–Crippen LogP) is 3.96. The first-order valence-electron chi connectivity index (χ1n) is 6.97. The lowest BCUT2D eigenvalue weighted by molar-refractivity contribution is -0.122. The highest BCUT2D eigenvalue weighted by Gasteiger charge is 2.15. The van der Waals surface area contributed by atoms with E-state index in [1.165, 1.54) is 5.56 Å². The summed E-state index contributed by atoms with van der Waals surface area (Å²) in [6.45, 7) is 5.90. The first-order chi connectivity index (χ1) is 9.56. The molecule has 2 unspecified atom stereocenters. The molecule has 0 radical (unpaired) electrons.